The molecular formula is C20H26N4O. The third-order valence-corrected chi connectivity index (χ3v) is 5.41. The van der Waals surface area contributed by atoms with Gasteiger partial charge in [-0.05, 0) is 57.6 Å². The Morgan fingerprint density at radius 3 is 2.68 bits per heavy atom. The maximum absolute atomic E-state index is 13.1. The highest BCUT2D eigenvalue weighted by molar-refractivity contribution is 5.94. The first-order chi connectivity index (χ1) is 12.1. The molecule has 1 aliphatic heterocycles. The Morgan fingerprint density at radius 2 is 1.92 bits per heavy atom. The number of likely N-dealkylation sites (tertiary alicyclic amines) is 1. The zero-order valence-corrected chi connectivity index (χ0v) is 14.9. The molecule has 1 aromatic heterocycles. The molecule has 1 amide bonds. The monoisotopic (exact) mass is 338 g/mol. The minimum atomic E-state index is 0.0548. The van der Waals surface area contributed by atoms with Gasteiger partial charge in [0.15, 0.2) is 5.69 Å². The number of nitrogens with zero attached hydrogens (tertiary/aromatic N) is 3. The van der Waals surface area contributed by atoms with Gasteiger partial charge in [-0.25, -0.2) is 4.68 Å². The van der Waals surface area contributed by atoms with Crippen LogP contribution in [0.5, 0.6) is 0 Å². The molecule has 0 saturated carbocycles. The van der Waals surface area contributed by atoms with Crippen LogP contribution in [0.4, 0.5) is 0 Å². The summed E-state index contributed by atoms with van der Waals surface area (Å²) < 4.78 is 1.99. The Hall–Kier alpha value is -2.14. The molecule has 1 aliphatic carbocycles. The predicted octanol–water partition coefficient (Wildman–Crippen LogP) is 2.62. The molecule has 1 unspecified atom stereocenters. The number of carbonyl (C=O) groups excluding carboxylic acids is 1. The fourth-order valence-electron chi connectivity index (χ4n) is 4.01. The van der Waals surface area contributed by atoms with Crippen molar-refractivity contribution in [1.29, 1.82) is 0 Å². The molecule has 5 nitrogen and oxygen atoms in total. The molecule has 1 atom stereocenters. The van der Waals surface area contributed by atoms with Gasteiger partial charge in [-0.3, -0.25) is 4.79 Å². The second kappa shape index (κ2) is 6.64. The maximum atomic E-state index is 13.1. The minimum absolute atomic E-state index is 0.0548. The van der Waals surface area contributed by atoms with Crippen LogP contribution in [0.3, 0.4) is 0 Å². The number of hydrogen-bond donors (Lipinski definition) is 1. The largest absolute Gasteiger partial charge is 0.336 e. The van der Waals surface area contributed by atoms with Crippen LogP contribution < -0.4 is 5.73 Å². The lowest BCUT2D eigenvalue weighted by Gasteiger charge is -2.30. The van der Waals surface area contributed by atoms with Gasteiger partial charge in [-0.15, -0.1) is 0 Å². The number of nitrogens with two attached hydrogens (primary N) is 1. The molecule has 2 aliphatic rings. The van der Waals surface area contributed by atoms with Crippen molar-refractivity contribution in [3.63, 3.8) is 0 Å². The van der Waals surface area contributed by atoms with E-state index >= 15 is 0 Å². The topological polar surface area (TPSA) is 64.2 Å². The van der Waals surface area contributed by atoms with Crippen LogP contribution in [0.2, 0.25) is 0 Å². The average Bonchev–Trinajstić information content (AvgIpc) is 3.01. The highest BCUT2D eigenvalue weighted by atomic mass is 16.2. The highest BCUT2D eigenvalue weighted by Gasteiger charge is 2.30. The lowest BCUT2D eigenvalue weighted by Crippen LogP contribution is -2.46. The molecule has 0 bridgehead atoms. The van der Waals surface area contributed by atoms with E-state index in [4.69, 9.17) is 10.8 Å². The van der Waals surface area contributed by atoms with E-state index in [0.29, 0.717) is 12.2 Å². The number of rotatable bonds is 2. The number of benzene rings is 1. The summed E-state index contributed by atoms with van der Waals surface area (Å²) in [4.78, 5) is 15.0. The first kappa shape index (κ1) is 16.3. The number of piperidine rings is 1. The third kappa shape index (κ3) is 3.09. The Balaban J connectivity index is 1.73. The predicted molar refractivity (Wildman–Crippen MR) is 98.1 cm³/mol. The third-order valence-electron chi connectivity index (χ3n) is 5.41. The van der Waals surface area contributed by atoms with Gasteiger partial charge < -0.3 is 10.6 Å². The molecule has 5 heteroatoms. The van der Waals surface area contributed by atoms with Crippen molar-refractivity contribution in [2.75, 3.05) is 13.1 Å². The van der Waals surface area contributed by atoms with Gasteiger partial charge in [0, 0.05) is 30.4 Å². The molecule has 132 valence electrons. The van der Waals surface area contributed by atoms with Gasteiger partial charge in [0.1, 0.15) is 0 Å². The van der Waals surface area contributed by atoms with E-state index < -0.39 is 0 Å². The molecule has 25 heavy (non-hydrogen) atoms. The van der Waals surface area contributed by atoms with E-state index in [-0.39, 0.29) is 11.9 Å². The summed E-state index contributed by atoms with van der Waals surface area (Å²) in [6.45, 7) is 3.51. The molecule has 0 radical (unpaired) electrons. The van der Waals surface area contributed by atoms with E-state index in [1.165, 1.54) is 11.3 Å². The van der Waals surface area contributed by atoms with Crippen molar-refractivity contribution in [3.8, 4) is 5.69 Å². The summed E-state index contributed by atoms with van der Waals surface area (Å²) in [6.07, 6.45) is 6.21. The van der Waals surface area contributed by atoms with Gasteiger partial charge in [0.25, 0.3) is 5.91 Å². The van der Waals surface area contributed by atoms with Crippen LogP contribution in [0.15, 0.2) is 24.3 Å². The fraction of sp³-hybridized carbons (Fsp3) is 0.500. The molecule has 1 aromatic carbocycles. The van der Waals surface area contributed by atoms with Gasteiger partial charge >= 0.3 is 0 Å². The van der Waals surface area contributed by atoms with Crippen molar-refractivity contribution in [2.24, 2.45) is 5.73 Å². The minimum Gasteiger partial charge on any atom is -0.336 e. The first-order valence-electron chi connectivity index (χ1n) is 9.36. The Bertz CT molecular complexity index is 778. The molecule has 1 fully saturated rings. The van der Waals surface area contributed by atoms with Crippen molar-refractivity contribution in [2.45, 2.75) is 51.5 Å². The van der Waals surface area contributed by atoms with Crippen LogP contribution >= 0.6 is 0 Å². The average molecular weight is 338 g/mol. The number of amides is 1. The number of aryl methyl sites for hydroxylation is 1. The normalized spacial score (nSPS) is 20.4. The standard InChI is InChI=1S/C20H26N4O/c1-14-8-10-16(11-9-14)24-18-7-3-2-6-17(18)19(22-24)20(25)23-12-4-5-15(21)13-23/h8-11,15H,2-7,12-13,21H2,1H3. The summed E-state index contributed by atoms with van der Waals surface area (Å²) >= 11 is 0. The van der Waals surface area contributed by atoms with Gasteiger partial charge in [0.05, 0.1) is 5.69 Å². The van der Waals surface area contributed by atoms with Crippen molar-refractivity contribution < 1.29 is 4.79 Å². The van der Waals surface area contributed by atoms with Crippen LogP contribution in [-0.2, 0) is 12.8 Å². The van der Waals surface area contributed by atoms with Crippen molar-refractivity contribution >= 4 is 5.91 Å². The Labute approximate surface area is 148 Å². The van der Waals surface area contributed by atoms with E-state index in [9.17, 15) is 4.79 Å². The highest BCUT2D eigenvalue weighted by Crippen LogP contribution is 2.28. The number of hydrogen-bond acceptors (Lipinski definition) is 3. The molecule has 2 heterocycles. The second-order valence-corrected chi connectivity index (χ2v) is 7.38. The summed E-state index contributed by atoms with van der Waals surface area (Å²) in [7, 11) is 0. The number of carbonyl (C=O) groups is 1. The number of aromatic nitrogens is 2. The Kier molecular flexibility index (Phi) is 4.34. The second-order valence-electron chi connectivity index (χ2n) is 7.38. The quantitative estimate of drug-likeness (QED) is 0.915. The molecule has 2 aromatic rings. The summed E-state index contributed by atoms with van der Waals surface area (Å²) in [5, 5.41) is 4.78. The van der Waals surface area contributed by atoms with Crippen molar-refractivity contribution in [1.82, 2.24) is 14.7 Å². The zero-order chi connectivity index (χ0) is 17.4. The van der Waals surface area contributed by atoms with Crippen LogP contribution in [0.25, 0.3) is 5.69 Å². The summed E-state index contributed by atoms with van der Waals surface area (Å²) in [5.41, 5.74) is 11.3. The summed E-state index contributed by atoms with van der Waals surface area (Å²) in [5.74, 6) is 0.0548. The molecule has 0 spiro atoms. The van der Waals surface area contributed by atoms with Crippen LogP contribution in [0, 0.1) is 6.92 Å². The van der Waals surface area contributed by atoms with E-state index in [1.54, 1.807) is 0 Å². The molecule has 1 saturated heterocycles. The van der Waals surface area contributed by atoms with Gasteiger partial charge in [0.2, 0.25) is 0 Å². The van der Waals surface area contributed by atoms with Gasteiger partial charge in [-0.1, -0.05) is 17.7 Å². The smallest absolute Gasteiger partial charge is 0.274 e. The lowest BCUT2D eigenvalue weighted by molar-refractivity contribution is 0.0701. The molecular weight excluding hydrogens is 312 g/mol. The summed E-state index contributed by atoms with van der Waals surface area (Å²) in [6, 6.07) is 8.45. The molecule has 4 rings (SSSR count). The van der Waals surface area contributed by atoms with Crippen molar-refractivity contribution in [3.05, 3.63) is 46.8 Å². The van der Waals surface area contributed by atoms with Crippen LogP contribution in [0.1, 0.15) is 53.0 Å². The number of fused-ring (bicyclic) bond motifs is 1. The van der Waals surface area contributed by atoms with Crippen LogP contribution in [-0.4, -0.2) is 39.7 Å². The first-order valence-corrected chi connectivity index (χ1v) is 9.36. The molecule has 2 N–H and O–H groups in total. The fourth-order valence-corrected chi connectivity index (χ4v) is 4.01. The maximum Gasteiger partial charge on any atom is 0.274 e. The van der Waals surface area contributed by atoms with E-state index in [0.717, 1.165) is 56.3 Å². The SMILES string of the molecule is Cc1ccc(-n2nc(C(=O)N3CCCC(N)C3)c3c2CCCC3)cc1. The Morgan fingerprint density at radius 1 is 1.16 bits per heavy atom. The van der Waals surface area contributed by atoms with Gasteiger partial charge in [-0.2, -0.15) is 5.10 Å². The lowest BCUT2D eigenvalue weighted by atomic mass is 9.95. The van der Waals surface area contributed by atoms with E-state index in [2.05, 4.69) is 31.2 Å². The van der Waals surface area contributed by atoms with E-state index in [1.807, 2.05) is 9.58 Å². The zero-order valence-electron chi connectivity index (χ0n) is 14.9.